The fourth-order valence-corrected chi connectivity index (χ4v) is 10.9. The summed E-state index contributed by atoms with van der Waals surface area (Å²) in [5.74, 6) is 0.300. The van der Waals surface area contributed by atoms with Gasteiger partial charge in [-0.05, 0) is 118 Å². The van der Waals surface area contributed by atoms with Crippen molar-refractivity contribution in [1.29, 1.82) is 0 Å². The lowest BCUT2D eigenvalue weighted by molar-refractivity contribution is -0.275. The van der Waals surface area contributed by atoms with E-state index in [4.69, 9.17) is 4.74 Å². The largest absolute Gasteiger partial charge is 0.481 e. The van der Waals surface area contributed by atoms with Crippen LogP contribution in [0.1, 0.15) is 98.8 Å². The molecular weight excluding hydrogens is 484 g/mol. The van der Waals surface area contributed by atoms with Crippen LogP contribution in [0.4, 0.5) is 0 Å². The molecule has 5 aliphatic carbocycles. The van der Waals surface area contributed by atoms with Crippen molar-refractivity contribution in [2.45, 2.75) is 123 Å². The Labute approximate surface area is 227 Å². The zero-order valence-corrected chi connectivity index (χ0v) is 23.9. The number of aliphatic hydroxyl groups excluding tert-OH is 2. The summed E-state index contributed by atoms with van der Waals surface area (Å²) in [6.45, 7) is 10.3. The van der Waals surface area contributed by atoms with Crippen molar-refractivity contribution in [1.82, 2.24) is 0 Å². The molecule has 7 heteroatoms. The van der Waals surface area contributed by atoms with Gasteiger partial charge in [0.1, 0.15) is 6.10 Å². The number of fused-ring (bicyclic) bond motifs is 7. The highest BCUT2D eigenvalue weighted by Crippen LogP contribution is 2.71. The quantitative estimate of drug-likeness (QED) is 0.260. The number of carboxylic acid groups (broad SMARTS) is 1. The van der Waals surface area contributed by atoms with E-state index in [1.807, 2.05) is 6.92 Å². The van der Waals surface area contributed by atoms with Gasteiger partial charge in [-0.2, -0.15) is 0 Å². The number of allylic oxidation sites excluding steroid dienone is 2. The Morgan fingerprint density at radius 3 is 2.24 bits per heavy atom. The molecule has 5 N–H and O–H groups in total. The van der Waals surface area contributed by atoms with Crippen LogP contribution in [0.15, 0.2) is 11.6 Å². The van der Waals surface area contributed by atoms with Gasteiger partial charge in [0.25, 0.3) is 0 Å². The highest BCUT2D eigenvalue weighted by molar-refractivity contribution is 5.76. The summed E-state index contributed by atoms with van der Waals surface area (Å²) < 4.78 is 5.52. The standard InChI is InChI=1S/C31H50O7/c1-17-8-14-31(27(35)36)15-10-20-19(22(31)16-17)6-7-23-28(20,3)13-11-24-29(23,4)12-9-21(30(24,5)37)25(26(33)34)38-18(2)32/h6,17-18,20-26,32-34,37H,7-16H2,1-5H3,(H,35,36)/t17?,18?,20?,21?,22?,23?,24?,25?,28?,29?,30-,31?/m1/s1. The van der Waals surface area contributed by atoms with Crippen molar-refractivity contribution < 1.29 is 35.1 Å². The van der Waals surface area contributed by atoms with Crippen LogP contribution in [0.2, 0.25) is 0 Å². The van der Waals surface area contributed by atoms with Crippen molar-refractivity contribution in [3.63, 3.8) is 0 Å². The van der Waals surface area contributed by atoms with Gasteiger partial charge in [0.15, 0.2) is 12.6 Å². The molecule has 11 unspecified atom stereocenters. The first-order valence-corrected chi connectivity index (χ1v) is 15.0. The fraction of sp³-hybridized carbons (Fsp3) is 0.903. The summed E-state index contributed by atoms with van der Waals surface area (Å²) in [5, 5.41) is 52.5. The number of aliphatic hydroxyl groups is 4. The summed E-state index contributed by atoms with van der Waals surface area (Å²) in [5.41, 5.74) is -0.446. The molecule has 38 heavy (non-hydrogen) atoms. The molecule has 5 rings (SSSR count). The predicted octanol–water partition coefficient (Wildman–Crippen LogP) is 4.47. The van der Waals surface area contributed by atoms with E-state index in [1.54, 1.807) is 0 Å². The normalized spacial score (nSPS) is 50.1. The molecule has 216 valence electrons. The Hall–Kier alpha value is -0.990. The van der Waals surface area contributed by atoms with Crippen molar-refractivity contribution in [2.75, 3.05) is 0 Å². The molecule has 4 saturated carbocycles. The molecule has 0 radical (unpaired) electrons. The second kappa shape index (κ2) is 9.54. The van der Waals surface area contributed by atoms with Gasteiger partial charge < -0.3 is 30.3 Å². The minimum Gasteiger partial charge on any atom is -0.481 e. The highest BCUT2D eigenvalue weighted by atomic mass is 16.6. The highest BCUT2D eigenvalue weighted by Gasteiger charge is 2.66. The van der Waals surface area contributed by atoms with Gasteiger partial charge in [-0.3, -0.25) is 4.79 Å². The number of carboxylic acids is 1. The van der Waals surface area contributed by atoms with E-state index in [-0.39, 0.29) is 22.7 Å². The maximum atomic E-state index is 12.6. The zero-order chi connectivity index (χ0) is 27.8. The first kappa shape index (κ1) is 28.5. The van der Waals surface area contributed by atoms with Crippen LogP contribution >= 0.6 is 0 Å². The molecule has 5 aliphatic rings. The van der Waals surface area contributed by atoms with E-state index in [9.17, 15) is 30.3 Å². The Bertz CT molecular complexity index is 958. The number of hydrogen-bond acceptors (Lipinski definition) is 6. The minimum atomic E-state index is -1.78. The Morgan fingerprint density at radius 2 is 1.61 bits per heavy atom. The first-order chi connectivity index (χ1) is 17.7. The van der Waals surface area contributed by atoms with Crippen LogP contribution in [-0.4, -0.2) is 55.8 Å². The monoisotopic (exact) mass is 534 g/mol. The fourth-order valence-electron chi connectivity index (χ4n) is 10.9. The Morgan fingerprint density at radius 1 is 0.947 bits per heavy atom. The maximum absolute atomic E-state index is 12.6. The summed E-state index contributed by atoms with van der Waals surface area (Å²) in [6.07, 6.45) is 7.01. The molecule has 0 saturated heterocycles. The third kappa shape index (κ3) is 4.05. The van der Waals surface area contributed by atoms with Gasteiger partial charge >= 0.3 is 5.97 Å². The van der Waals surface area contributed by atoms with Gasteiger partial charge in [-0.25, -0.2) is 0 Å². The van der Waals surface area contributed by atoms with Crippen LogP contribution in [-0.2, 0) is 9.53 Å². The molecule has 0 spiro atoms. The van der Waals surface area contributed by atoms with Crippen molar-refractivity contribution in [3.05, 3.63) is 11.6 Å². The van der Waals surface area contributed by atoms with Gasteiger partial charge in [0, 0.05) is 5.92 Å². The number of hydrogen-bond donors (Lipinski definition) is 5. The topological polar surface area (TPSA) is 127 Å². The lowest BCUT2D eigenvalue weighted by Crippen LogP contribution is -2.66. The molecule has 12 atom stereocenters. The lowest BCUT2D eigenvalue weighted by Gasteiger charge is -2.68. The van der Waals surface area contributed by atoms with E-state index < -0.39 is 41.6 Å². The predicted molar refractivity (Wildman–Crippen MR) is 143 cm³/mol. The van der Waals surface area contributed by atoms with Gasteiger partial charge in [0.05, 0.1) is 11.0 Å². The third-order valence-electron chi connectivity index (χ3n) is 12.7. The first-order valence-electron chi connectivity index (χ1n) is 15.0. The molecular formula is C31H50O7. The van der Waals surface area contributed by atoms with Crippen LogP contribution in [0, 0.1) is 51.8 Å². The zero-order valence-electron chi connectivity index (χ0n) is 23.9. The van der Waals surface area contributed by atoms with Crippen LogP contribution < -0.4 is 0 Å². The molecule has 0 aromatic rings. The number of carbonyl (C=O) groups is 1. The molecule has 0 aromatic carbocycles. The Balaban J connectivity index is 1.47. The second-order valence-electron chi connectivity index (χ2n) is 14.6. The second-order valence-corrected chi connectivity index (χ2v) is 14.6. The number of rotatable bonds is 5. The summed E-state index contributed by atoms with van der Waals surface area (Å²) in [7, 11) is 0. The summed E-state index contributed by atoms with van der Waals surface area (Å²) in [4.78, 5) is 12.6. The van der Waals surface area contributed by atoms with E-state index >= 15 is 0 Å². The number of ether oxygens (including phenoxy) is 1. The van der Waals surface area contributed by atoms with Crippen LogP contribution in [0.25, 0.3) is 0 Å². The van der Waals surface area contributed by atoms with Gasteiger partial charge in [-0.15, -0.1) is 0 Å². The van der Waals surface area contributed by atoms with E-state index in [0.717, 1.165) is 57.8 Å². The SMILES string of the molecule is CC1CCC2(C(=O)O)CCC3C(=CCC4C3(C)CCC3C4(C)CCC(C(OC(C)O)C(O)O)[C@@]3(C)O)C2C1. The summed E-state index contributed by atoms with van der Waals surface area (Å²) in [6, 6.07) is 0. The molecule has 0 heterocycles. The summed E-state index contributed by atoms with van der Waals surface area (Å²) >= 11 is 0. The van der Waals surface area contributed by atoms with E-state index in [1.165, 1.54) is 12.5 Å². The maximum Gasteiger partial charge on any atom is 0.310 e. The van der Waals surface area contributed by atoms with Crippen LogP contribution in [0.3, 0.4) is 0 Å². The number of aliphatic carboxylic acids is 1. The molecule has 4 fully saturated rings. The molecule has 7 nitrogen and oxygen atoms in total. The van der Waals surface area contributed by atoms with Gasteiger partial charge in [0.2, 0.25) is 0 Å². The molecule has 0 amide bonds. The molecule has 0 aliphatic heterocycles. The van der Waals surface area contributed by atoms with Gasteiger partial charge in [-0.1, -0.05) is 32.4 Å². The Kier molecular flexibility index (Phi) is 7.17. The van der Waals surface area contributed by atoms with E-state index in [0.29, 0.717) is 24.2 Å². The minimum absolute atomic E-state index is 0.0305. The smallest absolute Gasteiger partial charge is 0.310 e. The third-order valence-corrected chi connectivity index (χ3v) is 12.7. The lowest BCUT2D eigenvalue weighted by atomic mass is 9.37. The molecule has 0 aromatic heterocycles. The van der Waals surface area contributed by atoms with Crippen LogP contribution in [0.5, 0.6) is 0 Å². The van der Waals surface area contributed by atoms with Crippen molar-refractivity contribution in [2.24, 2.45) is 51.8 Å². The van der Waals surface area contributed by atoms with Crippen molar-refractivity contribution >= 4 is 5.97 Å². The molecule has 0 bridgehead atoms. The average molecular weight is 535 g/mol. The van der Waals surface area contributed by atoms with E-state index in [2.05, 4.69) is 26.8 Å². The van der Waals surface area contributed by atoms with Crippen molar-refractivity contribution in [3.8, 4) is 0 Å². The average Bonchev–Trinajstić information content (AvgIpc) is 2.82.